The molecule has 1 N–H and O–H groups in total. The molecule has 32 heavy (non-hydrogen) atoms. The van der Waals surface area contributed by atoms with Gasteiger partial charge in [-0.2, -0.15) is 0 Å². The van der Waals surface area contributed by atoms with E-state index in [1.54, 1.807) is 13.0 Å². The third-order valence-corrected chi connectivity index (χ3v) is 5.35. The van der Waals surface area contributed by atoms with Crippen LogP contribution < -0.4 is 4.74 Å². The molecule has 0 saturated heterocycles. The van der Waals surface area contributed by atoms with Gasteiger partial charge in [-0.05, 0) is 47.6 Å². The number of carboxylic acid groups (broad SMARTS) is 1. The summed E-state index contributed by atoms with van der Waals surface area (Å²) < 4.78 is 37.8. The van der Waals surface area contributed by atoms with Crippen LogP contribution in [0.4, 0.5) is 8.78 Å². The fourth-order valence-corrected chi connectivity index (χ4v) is 3.67. The van der Waals surface area contributed by atoms with E-state index in [1.807, 2.05) is 44.2 Å². The van der Waals surface area contributed by atoms with Crippen LogP contribution >= 0.6 is 0 Å². The monoisotopic (exact) mass is 442 g/mol. The first-order valence-electron chi connectivity index (χ1n) is 10.6. The van der Waals surface area contributed by atoms with Gasteiger partial charge in [0.05, 0.1) is 0 Å². The van der Waals surface area contributed by atoms with E-state index in [0.717, 1.165) is 22.6 Å². The van der Waals surface area contributed by atoms with Crippen LogP contribution in [-0.2, 0) is 4.79 Å². The van der Waals surface area contributed by atoms with Crippen LogP contribution in [0.1, 0.15) is 63.3 Å². The second kappa shape index (κ2) is 9.55. The first kappa shape index (κ1) is 23.5. The highest BCUT2D eigenvalue weighted by molar-refractivity contribution is 5.97. The Morgan fingerprint density at radius 1 is 1.09 bits per heavy atom. The molecule has 0 unspecified atom stereocenters. The number of benzene rings is 2. The fourth-order valence-electron chi connectivity index (χ4n) is 3.67. The minimum atomic E-state index is -2.59. The fraction of sp³-hybridized carbons (Fsp3) is 0.346. The number of rotatable bonds is 8. The third-order valence-electron chi connectivity index (χ3n) is 5.35. The van der Waals surface area contributed by atoms with Gasteiger partial charge in [-0.3, -0.25) is 0 Å². The maximum absolute atomic E-state index is 13.0. The summed E-state index contributed by atoms with van der Waals surface area (Å²) in [6.45, 7) is 9.13. The van der Waals surface area contributed by atoms with Gasteiger partial charge in [0, 0.05) is 22.6 Å². The van der Waals surface area contributed by atoms with Crippen LogP contribution in [0.25, 0.3) is 27.7 Å². The molecule has 6 heteroatoms. The Hall–Kier alpha value is -3.15. The molecule has 1 heterocycles. The smallest absolute Gasteiger partial charge is 0.328 e. The van der Waals surface area contributed by atoms with Crippen LogP contribution in [-0.4, -0.2) is 24.1 Å². The molecule has 0 aliphatic rings. The molecule has 0 bridgehead atoms. The van der Waals surface area contributed by atoms with Crippen molar-refractivity contribution in [2.24, 2.45) is 0 Å². The van der Waals surface area contributed by atoms with E-state index < -0.39 is 19.0 Å². The first-order chi connectivity index (χ1) is 15.1. The van der Waals surface area contributed by atoms with E-state index in [1.165, 1.54) is 0 Å². The Bertz CT molecular complexity index is 1160. The highest BCUT2D eigenvalue weighted by Gasteiger charge is 2.22. The SMILES string of the molecule is C/C(=C\C(=O)O)c1cc2cccc(-c3cc(C(C)C)cc(C(C)C)c3OCC(F)F)c2o1. The number of carbonyl (C=O) groups is 1. The molecule has 0 radical (unpaired) electrons. The van der Waals surface area contributed by atoms with Gasteiger partial charge in [0.2, 0.25) is 0 Å². The van der Waals surface area contributed by atoms with Crippen LogP contribution in [0.15, 0.2) is 46.9 Å². The molecular weight excluding hydrogens is 414 g/mol. The molecule has 3 aromatic rings. The number of hydrogen-bond donors (Lipinski definition) is 1. The van der Waals surface area contributed by atoms with Crippen molar-refractivity contribution in [2.45, 2.75) is 52.9 Å². The minimum absolute atomic E-state index is 0.0623. The van der Waals surface area contributed by atoms with Gasteiger partial charge in [-0.25, -0.2) is 13.6 Å². The van der Waals surface area contributed by atoms with Crippen LogP contribution in [0.2, 0.25) is 0 Å². The summed E-state index contributed by atoms with van der Waals surface area (Å²) in [6, 6.07) is 11.4. The van der Waals surface area contributed by atoms with E-state index in [0.29, 0.717) is 33.8 Å². The number of ether oxygens (including phenoxy) is 1. The summed E-state index contributed by atoms with van der Waals surface area (Å²) in [4.78, 5) is 11.1. The summed E-state index contributed by atoms with van der Waals surface area (Å²) in [6.07, 6.45) is -1.51. The normalized spacial score (nSPS) is 12.4. The van der Waals surface area contributed by atoms with Crippen molar-refractivity contribution in [3.63, 3.8) is 0 Å². The van der Waals surface area contributed by atoms with Crippen molar-refractivity contribution >= 4 is 22.5 Å². The van der Waals surface area contributed by atoms with E-state index in [9.17, 15) is 13.6 Å². The number of para-hydroxylation sites is 1. The van der Waals surface area contributed by atoms with Crippen LogP contribution in [0.3, 0.4) is 0 Å². The average Bonchev–Trinajstić information content (AvgIpc) is 3.15. The lowest BCUT2D eigenvalue weighted by Gasteiger charge is -2.21. The number of alkyl halides is 2. The molecule has 0 spiro atoms. The van der Waals surface area contributed by atoms with Crippen molar-refractivity contribution in [2.75, 3.05) is 6.61 Å². The Kier molecular flexibility index (Phi) is 7.02. The summed E-state index contributed by atoms with van der Waals surface area (Å²) in [5.41, 5.74) is 4.36. The number of allylic oxidation sites excluding steroid dienone is 1. The maximum Gasteiger partial charge on any atom is 0.328 e. The number of hydrogen-bond acceptors (Lipinski definition) is 3. The van der Waals surface area contributed by atoms with Gasteiger partial charge < -0.3 is 14.3 Å². The summed E-state index contributed by atoms with van der Waals surface area (Å²) in [5, 5.41) is 9.85. The Balaban J connectivity index is 2.29. The lowest BCUT2D eigenvalue weighted by atomic mass is 9.89. The van der Waals surface area contributed by atoms with Crippen molar-refractivity contribution in [1.29, 1.82) is 0 Å². The molecule has 0 fully saturated rings. The Morgan fingerprint density at radius 2 is 1.81 bits per heavy atom. The molecular formula is C26H28F2O4. The minimum Gasteiger partial charge on any atom is -0.487 e. The molecule has 0 saturated carbocycles. The lowest BCUT2D eigenvalue weighted by Crippen LogP contribution is -2.10. The van der Waals surface area contributed by atoms with Crippen LogP contribution in [0, 0.1) is 0 Å². The van der Waals surface area contributed by atoms with E-state index in [-0.39, 0.29) is 11.8 Å². The number of carboxylic acids is 1. The molecule has 0 atom stereocenters. The molecule has 2 aromatic carbocycles. The molecule has 0 aliphatic heterocycles. The van der Waals surface area contributed by atoms with Crippen molar-refractivity contribution < 1.29 is 27.8 Å². The summed E-state index contributed by atoms with van der Waals surface area (Å²) >= 11 is 0. The quantitative estimate of drug-likeness (QED) is 0.367. The number of halogens is 2. The zero-order chi connectivity index (χ0) is 23.6. The topological polar surface area (TPSA) is 59.7 Å². The van der Waals surface area contributed by atoms with Gasteiger partial charge in [0.15, 0.2) is 0 Å². The number of fused-ring (bicyclic) bond motifs is 1. The first-order valence-corrected chi connectivity index (χ1v) is 10.6. The van der Waals surface area contributed by atoms with E-state index >= 15 is 0 Å². The number of furan rings is 1. The molecule has 3 rings (SSSR count). The van der Waals surface area contributed by atoms with Gasteiger partial charge >= 0.3 is 5.97 Å². The zero-order valence-corrected chi connectivity index (χ0v) is 18.9. The average molecular weight is 443 g/mol. The van der Waals surface area contributed by atoms with E-state index in [2.05, 4.69) is 13.8 Å². The van der Waals surface area contributed by atoms with Crippen molar-refractivity contribution in [1.82, 2.24) is 0 Å². The summed E-state index contributed by atoms with van der Waals surface area (Å²) in [7, 11) is 0. The number of aliphatic carboxylic acids is 1. The predicted molar refractivity (Wildman–Crippen MR) is 123 cm³/mol. The highest BCUT2D eigenvalue weighted by atomic mass is 19.3. The highest BCUT2D eigenvalue weighted by Crippen LogP contribution is 2.43. The second-order valence-corrected chi connectivity index (χ2v) is 8.50. The molecule has 0 aliphatic carbocycles. The predicted octanol–water partition coefficient (Wildman–Crippen LogP) is 7.48. The van der Waals surface area contributed by atoms with Crippen LogP contribution in [0.5, 0.6) is 5.75 Å². The maximum atomic E-state index is 13.0. The van der Waals surface area contributed by atoms with Crippen molar-refractivity contribution in [3.8, 4) is 16.9 Å². The van der Waals surface area contributed by atoms with Gasteiger partial charge in [0.1, 0.15) is 23.7 Å². The standard InChI is InChI=1S/C26H28F2O4/c1-14(2)18-10-20(15(3)4)26(31-13-23(27)28)21(11-18)19-8-6-7-17-12-22(32-25(17)19)16(5)9-24(29)30/h6-12,14-15,23H,13H2,1-5H3,(H,29,30)/b16-9+. The third kappa shape index (κ3) is 5.01. The second-order valence-electron chi connectivity index (χ2n) is 8.50. The molecule has 170 valence electrons. The van der Waals surface area contributed by atoms with Gasteiger partial charge in [-0.15, -0.1) is 0 Å². The molecule has 0 amide bonds. The van der Waals surface area contributed by atoms with Gasteiger partial charge in [-0.1, -0.05) is 52.0 Å². The summed E-state index contributed by atoms with van der Waals surface area (Å²) in [5.74, 6) is 0.0914. The largest absolute Gasteiger partial charge is 0.487 e. The van der Waals surface area contributed by atoms with E-state index in [4.69, 9.17) is 14.3 Å². The Morgan fingerprint density at radius 3 is 2.41 bits per heavy atom. The zero-order valence-electron chi connectivity index (χ0n) is 18.9. The Labute approximate surface area is 186 Å². The lowest BCUT2D eigenvalue weighted by molar-refractivity contribution is -0.131. The van der Waals surface area contributed by atoms with Crippen molar-refractivity contribution in [3.05, 3.63) is 59.4 Å². The molecule has 1 aromatic heterocycles. The van der Waals surface area contributed by atoms with Gasteiger partial charge in [0.25, 0.3) is 6.43 Å². The molecule has 4 nitrogen and oxygen atoms in total.